The summed E-state index contributed by atoms with van der Waals surface area (Å²) in [5.41, 5.74) is 0.990. The fourth-order valence-electron chi connectivity index (χ4n) is 1.37. The molecule has 3 nitrogen and oxygen atoms in total. The van der Waals surface area contributed by atoms with Gasteiger partial charge in [-0.1, -0.05) is 34.1 Å². The Bertz CT molecular complexity index is 458. The summed E-state index contributed by atoms with van der Waals surface area (Å²) in [5.74, 6) is 0.771. The van der Waals surface area contributed by atoms with Crippen LogP contribution in [0.1, 0.15) is 0 Å². The maximum atomic E-state index is 4.49. The number of fused-ring (bicyclic) bond motifs is 1. The zero-order valence-electron chi connectivity index (χ0n) is 8.52. The van der Waals surface area contributed by atoms with Crippen molar-refractivity contribution in [3.8, 4) is 0 Å². The molecule has 4 heteroatoms. The van der Waals surface area contributed by atoms with Crippen LogP contribution in [-0.2, 0) is 0 Å². The third kappa shape index (κ3) is 2.26. The molecule has 0 unspecified atom stereocenters. The van der Waals surface area contributed by atoms with E-state index < -0.39 is 0 Å². The van der Waals surface area contributed by atoms with Gasteiger partial charge < -0.3 is 4.90 Å². The second-order valence-electron chi connectivity index (χ2n) is 3.34. The Morgan fingerprint density at radius 3 is 2.93 bits per heavy atom. The van der Waals surface area contributed by atoms with Gasteiger partial charge in [-0.15, -0.1) is 0 Å². The van der Waals surface area contributed by atoms with Crippen LogP contribution in [0.25, 0.3) is 10.9 Å². The molecule has 0 saturated carbocycles. The lowest BCUT2D eigenvalue weighted by atomic mass is 10.2. The van der Waals surface area contributed by atoms with E-state index in [1.54, 1.807) is 0 Å². The third-order valence-electron chi connectivity index (χ3n) is 2.24. The Hall–Kier alpha value is -1.16. The Morgan fingerprint density at radius 1 is 1.33 bits per heavy atom. The van der Waals surface area contributed by atoms with Crippen molar-refractivity contribution in [1.29, 1.82) is 0 Å². The molecule has 1 aromatic heterocycles. The van der Waals surface area contributed by atoms with Crippen LogP contribution in [-0.4, -0.2) is 28.9 Å². The van der Waals surface area contributed by atoms with E-state index in [0.29, 0.717) is 0 Å². The highest BCUT2D eigenvalue weighted by Crippen LogP contribution is 2.13. The highest BCUT2D eigenvalue weighted by Gasteiger charge is 2.03. The first-order chi connectivity index (χ1) is 7.31. The van der Waals surface area contributed by atoms with E-state index in [1.165, 1.54) is 0 Å². The predicted octanol–water partition coefficient (Wildman–Crippen LogP) is 2.46. The van der Waals surface area contributed by atoms with E-state index in [0.717, 1.165) is 28.7 Å². The Balaban J connectivity index is 2.38. The molecule has 2 aromatic rings. The van der Waals surface area contributed by atoms with Crippen molar-refractivity contribution in [3.63, 3.8) is 0 Å². The van der Waals surface area contributed by atoms with Crippen molar-refractivity contribution in [2.45, 2.75) is 0 Å². The monoisotopic (exact) mass is 265 g/mol. The maximum Gasteiger partial charge on any atom is 0.225 e. The molecule has 15 heavy (non-hydrogen) atoms. The summed E-state index contributed by atoms with van der Waals surface area (Å²) < 4.78 is 0. The summed E-state index contributed by atoms with van der Waals surface area (Å²) in [7, 11) is 1.99. The summed E-state index contributed by atoms with van der Waals surface area (Å²) >= 11 is 3.40. The minimum atomic E-state index is 0.771. The number of rotatable bonds is 3. The second kappa shape index (κ2) is 4.57. The van der Waals surface area contributed by atoms with Gasteiger partial charge in [0.1, 0.15) is 0 Å². The average molecular weight is 266 g/mol. The zero-order valence-corrected chi connectivity index (χ0v) is 10.1. The predicted molar refractivity (Wildman–Crippen MR) is 66.6 cm³/mol. The van der Waals surface area contributed by atoms with E-state index in [-0.39, 0.29) is 0 Å². The first-order valence-electron chi connectivity index (χ1n) is 4.80. The van der Waals surface area contributed by atoms with E-state index in [1.807, 2.05) is 42.4 Å². The van der Waals surface area contributed by atoms with Crippen molar-refractivity contribution >= 4 is 32.8 Å². The Morgan fingerprint density at radius 2 is 2.13 bits per heavy atom. The molecule has 0 saturated heterocycles. The minimum absolute atomic E-state index is 0.771. The highest BCUT2D eigenvalue weighted by atomic mass is 79.9. The molecule has 1 aromatic carbocycles. The van der Waals surface area contributed by atoms with Crippen LogP contribution in [0.5, 0.6) is 0 Å². The second-order valence-corrected chi connectivity index (χ2v) is 4.13. The van der Waals surface area contributed by atoms with Crippen LogP contribution in [0.2, 0.25) is 0 Å². The summed E-state index contributed by atoms with van der Waals surface area (Å²) in [6.45, 7) is 0.901. The number of nitrogens with zero attached hydrogens (tertiary/aromatic N) is 3. The number of benzene rings is 1. The largest absolute Gasteiger partial charge is 0.343 e. The standard InChI is InChI=1S/C11H12BrN3/c1-15(7-6-12)11-13-8-9-4-2-3-5-10(9)14-11/h2-5,8H,6-7H2,1H3. The van der Waals surface area contributed by atoms with Crippen LogP contribution in [0.3, 0.4) is 0 Å². The topological polar surface area (TPSA) is 29.0 Å². The van der Waals surface area contributed by atoms with Crippen LogP contribution in [0.4, 0.5) is 5.95 Å². The van der Waals surface area contributed by atoms with Crippen LogP contribution < -0.4 is 4.90 Å². The first kappa shape index (κ1) is 10.4. The van der Waals surface area contributed by atoms with Gasteiger partial charge in [-0.3, -0.25) is 0 Å². The van der Waals surface area contributed by atoms with Crippen molar-refractivity contribution in [2.75, 3.05) is 23.8 Å². The number of alkyl halides is 1. The summed E-state index contributed by atoms with van der Waals surface area (Å²) in [5, 5.41) is 1.99. The van der Waals surface area contributed by atoms with Gasteiger partial charge in [0.25, 0.3) is 0 Å². The van der Waals surface area contributed by atoms with Crippen molar-refractivity contribution in [2.24, 2.45) is 0 Å². The number of para-hydroxylation sites is 1. The number of hydrogen-bond donors (Lipinski definition) is 0. The molecular weight excluding hydrogens is 254 g/mol. The summed E-state index contributed by atoms with van der Waals surface area (Å²) in [6.07, 6.45) is 1.86. The molecule has 0 aliphatic carbocycles. The Kier molecular flexibility index (Phi) is 3.16. The Labute approximate surface area is 97.3 Å². The van der Waals surface area contributed by atoms with E-state index in [9.17, 15) is 0 Å². The summed E-state index contributed by atoms with van der Waals surface area (Å²) in [4.78, 5) is 10.8. The number of aromatic nitrogens is 2. The number of anilines is 1. The van der Waals surface area contributed by atoms with Gasteiger partial charge in [-0.25, -0.2) is 9.97 Å². The lowest BCUT2D eigenvalue weighted by Crippen LogP contribution is -2.21. The smallest absolute Gasteiger partial charge is 0.225 e. The molecule has 0 N–H and O–H groups in total. The van der Waals surface area contributed by atoms with Crippen LogP contribution in [0, 0.1) is 0 Å². The molecule has 0 radical (unpaired) electrons. The third-order valence-corrected chi connectivity index (χ3v) is 2.59. The quantitative estimate of drug-likeness (QED) is 0.799. The van der Waals surface area contributed by atoms with Crippen LogP contribution in [0.15, 0.2) is 30.5 Å². The van der Waals surface area contributed by atoms with Crippen molar-refractivity contribution in [1.82, 2.24) is 9.97 Å². The molecule has 0 amide bonds. The molecule has 0 atom stereocenters. The van der Waals surface area contributed by atoms with Gasteiger partial charge in [0.15, 0.2) is 0 Å². The molecule has 1 heterocycles. The van der Waals surface area contributed by atoms with Gasteiger partial charge in [0.05, 0.1) is 5.52 Å². The first-order valence-corrected chi connectivity index (χ1v) is 5.92. The number of halogens is 1. The average Bonchev–Trinajstić information content (AvgIpc) is 2.29. The molecule has 0 spiro atoms. The SMILES string of the molecule is CN(CCBr)c1ncc2ccccc2n1. The van der Waals surface area contributed by atoms with Gasteiger partial charge in [-0.05, 0) is 6.07 Å². The minimum Gasteiger partial charge on any atom is -0.343 e. The molecular formula is C11H12BrN3. The van der Waals surface area contributed by atoms with E-state index >= 15 is 0 Å². The fourth-order valence-corrected chi connectivity index (χ4v) is 1.91. The normalized spacial score (nSPS) is 10.5. The fraction of sp³-hybridized carbons (Fsp3) is 0.273. The van der Waals surface area contributed by atoms with E-state index in [4.69, 9.17) is 0 Å². The lowest BCUT2D eigenvalue weighted by Gasteiger charge is -2.15. The van der Waals surface area contributed by atoms with Gasteiger partial charge in [0.2, 0.25) is 5.95 Å². The molecule has 78 valence electrons. The molecule has 2 rings (SSSR count). The highest BCUT2D eigenvalue weighted by molar-refractivity contribution is 9.09. The maximum absolute atomic E-state index is 4.49. The number of hydrogen-bond acceptors (Lipinski definition) is 3. The molecule has 0 aliphatic heterocycles. The lowest BCUT2D eigenvalue weighted by molar-refractivity contribution is 0.920. The van der Waals surface area contributed by atoms with E-state index in [2.05, 4.69) is 25.9 Å². The molecule has 0 bridgehead atoms. The van der Waals surface area contributed by atoms with Gasteiger partial charge in [0, 0.05) is 30.5 Å². The van der Waals surface area contributed by atoms with Gasteiger partial charge >= 0.3 is 0 Å². The van der Waals surface area contributed by atoms with Crippen molar-refractivity contribution < 1.29 is 0 Å². The summed E-state index contributed by atoms with van der Waals surface area (Å²) in [6, 6.07) is 8.00. The zero-order chi connectivity index (χ0) is 10.7. The van der Waals surface area contributed by atoms with Gasteiger partial charge in [-0.2, -0.15) is 0 Å². The van der Waals surface area contributed by atoms with Crippen LogP contribution >= 0.6 is 15.9 Å². The molecule has 0 aliphatic rings. The molecule has 0 fully saturated rings. The van der Waals surface area contributed by atoms with Crippen molar-refractivity contribution in [3.05, 3.63) is 30.5 Å².